The molecule has 0 nitrogen and oxygen atoms in total. The Bertz CT molecular complexity index is 4530. The molecule has 792 valence electrons. The standard InChI is InChI=1S/2C32H12BF24.C18H33P.C9H14.Pd/c2*34-25(35,36)13-1-14(26(37,38)39)6-21(5-13)33(22-7-15(27(40,41)42)2-16(8-22)28(43,44)45,23-9-17(29(46,47)48)3-18(10-23)30(49,50)51)24-11-19(31(52,53)54)4-20(12-24)32(55,56)57;1-4-10-16(11-5-1)19(17-12-6-2-7-13-17)18-14-8-3-9-15-18;1-9-7-5-3-2-4-6-8-9;/h2*1-12H;16-18H,1-15H2;2-3,8H,4-7H2,1H3;/q2*-1;;;+2/b;;;3-2-,9-8-;. The summed E-state index contributed by atoms with van der Waals surface area (Å²) in [5, 5.41) is 0. The van der Waals surface area contributed by atoms with Gasteiger partial charge in [0.1, 0.15) is 12.3 Å². The van der Waals surface area contributed by atoms with Crippen molar-refractivity contribution in [3.8, 4) is 0 Å². The van der Waals surface area contributed by atoms with Crippen molar-refractivity contribution >= 4 is 63.9 Å². The second-order valence-corrected chi connectivity index (χ2v) is 37.5. The second-order valence-electron chi connectivity index (χ2n) is 34.4. The second kappa shape index (κ2) is 43.1. The first-order valence-electron chi connectivity index (χ1n) is 42.2. The summed E-state index contributed by atoms with van der Waals surface area (Å²) in [7, 11) is 0.385. The van der Waals surface area contributed by atoms with Gasteiger partial charge in [0, 0.05) is 0 Å². The largest absolute Gasteiger partial charge is 2.00 e. The van der Waals surface area contributed by atoms with Crippen LogP contribution in [0.15, 0.2) is 169 Å². The molecule has 3 saturated carbocycles. The minimum Gasteiger partial charge on any atom is -0.194 e. The van der Waals surface area contributed by atoms with Crippen LogP contribution >= 0.6 is 7.92 Å². The summed E-state index contributed by atoms with van der Waals surface area (Å²) in [6.07, 6.45) is -74.1. The third-order valence-electron chi connectivity index (χ3n) is 24.6. The van der Waals surface area contributed by atoms with Gasteiger partial charge in [-0.05, 0) is 137 Å². The zero-order valence-corrected chi connectivity index (χ0v) is 74.8. The van der Waals surface area contributed by atoms with Crippen LogP contribution in [-0.2, 0) is 119 Å². The molecule has 0 aromatic heterocycles. The van der Waals surface area contributed by atoms with Crippen molar-refractivity contribution in [2.24, 2.45) is 0 Å². The SMILES string of the molecule is C/C1=C/CC/C=C\CC1.C1CCC(P(C2CCCCC2)C2CCCCC2)CC1.FC(F)(F)c1cc([B-](c2cc(C(F)(F)F)cc(C(F)(F)F)c2)(c2cc(C(F)(F)F)cc(C(F)(F)F)c2)c2cc(C(F)(F)F)cc(C(F)(F)F)c2)cc(C(F)(F)F)c1.FC(F)(F)c1cc([B-](c2cc(C(F)(F)F)cc(C(F)(F)F)c2)(c2cc(C(F)(F)F)cc(C(F)(F)F)c2)c2cc(C(F)(F)F)cc(C(F)(F)F)c2)cc(C(F)(F)F)c1.[Pd+2]. The Balaban J connectivity index is 0.000000272. The fourth-order valence-corrected chi connectivity index (χ4v) is 22.9. The predicted octanol–water partition coefficient (Wildman–Crippen LogP) is 32.0. The number of alkyl halides is 48. The maximum absolute atomic E-state index is 14.2. The van der Waals surface area contributed by atoms with Gasteiger partial charge in [-0.3, -0.25) is 0 Å². The van der Waals surface area contributed by atoms with E-state index in [0.717, 1.165) is 0 Å². The van der Waals surface area contributed by atoms with Gasteiger partial charge in [-0.25, -0.2) is 0 Å². The molecule has 0 spiro atoms. The number of hydrogen-bond donors (Lipinski definition) is 0. The van der Waals surface area contributed by atoms with Gasteiger partial charge in [0.05, 0.1) is 89.0 Å². The minimum absolute atomic E-state index is 0. The van der Waals surface area contributed by atoms with Gasteiger partial charge in [-0.1, -0.05) is 187 Å². The van der Waals surface area contributed by atoms with Gasteiger partial charge in [0.15, 0.2) is 0 Å². The predicted molar refractivity (Wildman–Crippen MR) is 429 cm³/mol. The van der Waals surface area contributed by atoms with Gasteiger partial charge in [-0.2, -0.15) is 254 Å². The van der Waals surface area contributed by atoms with Gasteiger partial charge < -0.3 is 0 Å². The van der Waals surface area contributed by atoms with Gasteiger partial charge >= 0.3 is 119 Å². The molecule has 0 bridgehead atoms. The zero-order chi connectivity index (χ0) is 107. The van der Waals surface area contributed by atoms with Crippen molar-refractivity contribution < 1.29 is 231 Å². The molecular weight excluding hydrogens is 2160 g/mol. The van der Waals surface area contributed by atoms with Gasteiger partial charge in [0.2, 0.25) is 0 Å². The third kappa shape index (κ3) is 29.8. The molecule has 4 aliphatic carbocycles. The van der Waals surface area contributed by atoms with Crippen LogP contribution in [0.5, 0.6) is 0 Å². The summed E-state index contributed by atoms with van der Waals surface area (Å²) >= 11 is 0. The first kappa shape index (κ1) is 119. The Hall–Kier alpha value is -8.90. The van der Waals surface area contributed by atoms with E-state index in [4.69, 9.17) is 0 Å². The number of allylic oxidation sites excluding steroid dienone is 4. The Morgan fingerprint density at radius 1 is 0.182 bits per heavy atom. The maximum Gasteiger partial charge on any atom is 2.00 e. The summed E-state index contributed by atoms with van der Waals surface area (Å²) in [4.78, 5) is 0. The first-order valence-corrected chi connectivity index (χ1v) is 43.7. The van der Waals surface area contributed by atoms with E-state index in [0.29, 0.717) is 7.92 Å². The molecule has 12 rings (SSSR count). The Morgan fingerprint density at radius 3 is 0.434 bits per heavy atom. The fraction of sp³-hybridized carbons (Fsp3) is 0.429. The first-order chi connectivity index (χ1) is 64.4. The molecular formula is C91H71B2F48PPd. The molecule has 52 heteroatoms. The molecule has 0 amide bonds. The van der Waals surface area contributed by atoms with E-state index in [1.54, 1.807) is 82.6 Å². The quantitative estimate of drug-likeness (QED) is 0.0524. The maximum atomic E-state index is 14.2. The molecule has 0 aliphatic heterocycles. The van der Waals surface area contributed by atoms with Crippen molar-refractivity contribution in [1.82, 2.24) is 0 Å². The van der Waals surface area contributed by atoms with Crippen molar-refractivity contribution in [1.29, 1.82) is 0 Å². The summed E-state index contributed by atoms with van der Waals surface area (Å²) in [6.45, 7) is 2.22. The average molecular weight is 2240 g/mol. The van der Waals surface area contributed by atoms with E-state index in [2.05, 4.69) is 25.2 Å². The Kier molecular flexibility index (Phi) is 36.0. The molecule has 0 N–H and O–H groups in total. The molecule has 0 saturated heterocycles. The third-order valence-corrected chi connectivity index (χ3v) is 28.6. The summed E-state index contributed by atoms with van der Waals surface area (Å²) in [5.74, 6) is 0. The Morgan fingerprint density at radius 2 is 0.308 bits per heavy atom. The van der Waals surface area contributed by atoms with E-state index in [9.17, 15) is 211 Å². The molecule has 8 aromatic carbocycles. The van der Waals surface area contributed by atoms with Crippen LogP contribution in [0.1, 0.15) is 218 Å². The van der Waals surface area contributed by atoms with Crippen LogP contribution in [0.25, 0.3) is 0 Å². The molecule has 143 heavy (non-hydrogen) atoms. The normalized spacial score (nSPS) is 17.1. The summed E-state index contributed by atoms with van der Waals surface area (Å²) in [5.41, 5.74) is -55.3. The molecule has 0 heterocycles. The number of rotatable bonds is 11. The van der Waals surface area contributed by atoms with E-state index in [1.165, 1.54) is 61.9 Å². The van der Waals surface area contributed by atoms with Gasteiger partial charge in [-0.15, -0.1) is 0 Å². The minimum atomic E-state index is -6.13. The van der Waals surface area contributed by atoms with Crippen LogP contribution < -0.4 is 43.7 Å². The van der Waals surface area contributed by atoms with Crippen molar-refractivity contribution in [3.05, 3.63) is 258 Å². The molecule has 4 aliphatic rings. The van der Waals surface area contributed by atoms with E-state index < -0.39 is 389 Å². The molecule has 8 aromatic rings. The van der Waals surface area contributed by atoms with E-state index in [-0.39, 0.29) is 20.4 Å². The van der Waals surface area contributed by atoms with Crippen molar-refractivity contribution in [2.45, 2.75) is 245 Å². The molecule has 0 unspecified atom stereocenters. The van der Waals surface area contributed by atoms with Gasteiger partial charge in [0.25, 0.3) is 0 Å². The van der Waals surface area contributed by atoms with E-state index in [1.807, 2.05) is 0 Å². The number of halogens is 48. The van der Waals surface area contributed by atoms with E-state index >= 15 is 0 Å². The zero-order valence-electron chi connectivity index (χ0n) is 72.3. The van der Waals surface area contributed by atoms with Crippen LogP contribution in [-0.4, -0.2) is 29.3 Å². The van der Waals surface area contributed by atoms with Crippen LogP contribution in [0.3, 0.4) is 0 Å². The molecule has 3 fully saturated rings. The smallest absolute Gasteiger partial charge is 0.194 e. The summed E-state index contributed by atoms with van der Waals surface area (Å²) in [6, 6.07) is -17.6. The number of hydrogen-bond acceptors (Lipinski definition) is 0. The molecule has 0 atom stereocenters. The monoisotopic (exact) mass is 2230 g/mol. The topological polar surface area (TPSA) is 0 Å². The van der Waals surface area contributed by atoms with Crippen molar-refractivity contribution in [2.75, 3.05) is 0 Å². The fourth-order valence-electron chi connectivity index (χ4n) is 18.2. The van der Waals surface area contributed by atoms with Crippen LogP contribution in [0.2, 0.25) is 0 Å². The summed E-state index contributed by atoms with van der Waals surface area (Å²) < 4.78 is 682. The molecule has 0 radical (unpaired) electrons. The van der Waals surface area contributed by atoms with Crippen LogP contribution in [0.4, 0.5) is 211 Å². The van der Waals surface area contributed by atoms with Crippen LogP contribution in [0, 0.1) is 0 Å². The van der Waals surface area contributed by atoms with Crippen molar-refractivity contribution in [3.63, 3.8) is 0 Å². The number of benzene rings is 8. The Labute approximate surface area is 795 Å². The average Bonchev–Trinajstić information content (AvgIpc) is 0.708.